The van der Waals surface area contributed by atoms with E-state index in [2.05, 4.69) is 40.8 Å². The molecule has 0 saturated heterocycles. The van der Waals surface area contributed by atoms with Crippen molar-refractivity contribution in [1.82, 2.24) is 20.4 Å². The first kappa shape index (κ1) is 22.5. The molecule has 0 saturated carbocycles. The van der Waals surface area contributed by atoms with Crippen LogP contribution in [0.3, 0.4) is 0 Å². The van der Waals surface area contributed by atoms with Crippen molar-refractivity contribution in [1.29, 1.82) is 0 Å². The Morgan fingerprint density at radius 2 is 1.79 bits per heavy atom. The second-order valence-corrected chi connectivity index (χ2v) is 6.66. The second-order valence-electron chi connectivity index (χ2n) is 6.66. The van der Waals surface area contributed by atoms with Gasteiger partial charge in [0.05, 0.1) is 12.2 Å². The molecule has 7 nitrogen and oxygen atoms in total. The summed E-state index contributed by atoms with van der Waals surface area (Å²) >= 11 is 0. The van der Waals surface area contributed by atoms with E-state index in [9.17, 15) is 4.79 Å². The average Bonchev–Trinajstić information content (AvgIpc) is 3.10. The first-order valence-electron chi connectivity index (χ1n) is 10.2. The highest BCUT2D eigenvalue weighted by atomic mass is 16.5. The minimum Gasteiger partial charge on any atom is -0.494 e. The van der Waals surface area contributed by atoms with Crippen LogP contribution in [0.2, 0.25) is 0 Å². The van der Waals surface area contributed by atoms with Crippen LogP contribution >= 0.6 is 0 Å². The summed E-state index contributed by atoms with van der Waals surface area (Å²) in [6.45, 7) is 14.9. The maximum absolute atomic E-state index is 12.8. The van der Waals surface area contributed by atoms with Crippen LogP contribution in [0.5, 0.6) is 17.4 Å². The van der Waals surface area contributed by atoms with Crippen LogP contribution in [0.15, 0.2) is 36.5 Å². The molecule has 1 aromatic heterocycles. The van der Waals surface area contributed by atoms with Crippen molar-refractivity contribution in [2.45, 2.75) is 47.1 Å². The third-order valence-corrected chi connectivity index (χ3v) is 4.52. The van der Waals surface area contributed by atoms with E-state index in [0.29, 0.717) is 36.2 Å². The van der Waals surface area contributed by atoms with E-state index in [-0.39, 0.29) is 5.91 Å². The second kappa shape index (κ2) is 11.3. The van der Waals surface area contributed by atoms with Gasteiger partial charge in [0.2, 0.25) is 5.88 Å². The lowest BCUT2D eigenvalue weighted by molar-refractivity contribution is 0.0957. The van der Waals surface area contributed by atoms with Gasteiger partial charge in [0.15, 0.2) is 0 Å². The van der Waals surface area contributed by atoms with E-state index in [4.69, 9.17) is 9.47 Å². The summed E-state index contributed by atoms with van der Waals surface area (Å²) in [6, 6.07) is 7.34. The number of nitrogens with one attached hydrogen (secondary N) is 2. The van der Waals surface area contributed by atoms with E-state index >= 15 is 0 Å². The SMILES string of the molecule is C=C(CCC)NC(=O)c1[nH]nc(Oc2ccc(OCC)cc2)c1CN(CC)CC. The van der Waals surface area contributed by atoms with Gasteiger partial charge in [-0.2, -0.15) is 0 Å². The summed E-state index contributed by atoms with van der Waals surface area (Å²) < 4.78 is 11.5. The summed E-state index contributed by atoms with van der Waals surface area (Å²) in [7, 11) is 0. The molecule has 1 aromatic carbocycles. The zero-order valence-corrected chi connectivity index (χ0v) is 17.9. The molecule has 2 rings (SSSR count). The van der Waals surface area contributed by atoms with Crippen LogP contribution < -0.4 is 14.8 Å². The van der Waals surface area contributed by atoms with Crippen molar-refractivity contribution < 1.29 is 14.3 Å². The number of ether oxygens (including phenoxy) is 2. The van der Waals surface area contributed by atoms with Gasteiger partial charge < -0.3 is 14.8 Å². The van der Waals surface area contributed by atoms with E-state index in [0.717, 1.165) is 37.2 Å². The van der Waals surface area contributed by atoms with E-state index in [1.54, 1.807) is 0 Å². The number of carbonyl (C=O) groups is 1. The molecule has 2 aromatic rings. The highest BCUT2D eigenvalue weighted by Gasteiger charge is 2.22. The van der Waals surface area contributed by atoms with Crippen LogP contribution in [0, 0.1) is 0 Å². The highest BCUT2D eigenvalue weighted by molar-refractivity contribution is 5.95. The Labute approximate surface area is 173 Å². The zero-order chi connectivity index (χ0) is 21.2. The molecule has 1 heterocycles. The molecule has 1 amide bonds. The third kappa shape index (κ3) is 6.35. The molecule has 0 aliphatic rings. The maximum Gasteiger partial charge on any atom is 0.273 e. The topological polar surface area (TPSA) is 79.5 Å². The molecule has 0 bridgehead atoms. The minimum absolute atomic E-state index is 0.250. The molecule has 0 spiro atoms. The quantitative estimate of drug-likeness (QED) is 0.549. The maximum atomic E-state index is 12.8. The number of nitrogens with zero attached hydrogens (tertiary/aromatic N) is 2. The van der Waals surface area contributed by atoms with Crippen molar-refractivity contribution in [3.8, 4) is 17.4 Å². The van der Waals surface area contributed by atoms with Gasteiger partial charge in [0.1, 0.15) is 17.2 Å². The largest absolute Gasteiger partial charge is 0.494 e. The van der Waals surface area contributed by atoms with Crippen LogP contribution in [0.4, 0.5) is 0 Å². The van der Waals surface area contributed by atoms with Gasteiger partial charge in [-0.3, -0.25) is 14.8 Å². The summed E-state index contributed by atoms with van der Waals surface area (Å²) in [5, 5.41) is 9.97. The molecule has 7 heteroatoms. The molecule has 0 fully saturated rings. The number of hydrogen-bond acceptors (Lipinski definition) is 5. The standard InChI is InChI=1S/C22H32N4O3/c1-6-10-16(5)23-21(27)20-19(15-26(7-2)8-3)22(25-24-20)29-18-13-11-17(12-14-18)28-9-4/h11-14H,5-10,15H2,1-4H3,(H,23,27)(H,24,25). The Morgan fingerprint density at radius 3 is 2.38 bits per heavy atom. The molecule has 0 unspecified atom stereocenters. The Balaban J connectivity index is 2.27. The molecule has 158 valence electrons. The van der Waals surface area contributed by atoms with Crippen molar-refractivity contribution in [2.24, 2.45) is 0 Å². The van der Waals surface area contributed by atoms with Gasteiger partial charge >= 0.3 is 0 Å². The first-order valence-corrected chi connectivity index (χ1v) is 10.2. The molecular formula is C22H32N4O3. The fraction of sp³-hybridized carbons (Fsp3) is 0.455. The molecule has 0 aliphatic heterocycles. The number of H-pyrrole nitrogens is 1. The number of benzene rings is 1. The number of hydrogen-bond donors (Lipinski definition) is 2. The zero-order valence-electron chi connectivity index (χ0n) is 17.9. The molecule has 29 heavy (non-hydrogen) atoms. The first-order chi connectivity index (χ1) is 14.0. The number of carbonyl (C=O) groups excluding carboxylic acids is 1. The summed E-state index contributed by atoms with van der Waals surface area (Å²) in [5.74, 6) is 1.55. The van der Waals surface area contributed by atoms with Gasteiger partial charge in [0, 0.05) is 12.2 Å². The molecule has 0 radical (unpaired) electrons. The van der Waals surface area contributed by atoms with Crippen LogP contribution in [0.25, 0.3) is 0 Å². The Hall–Kier alpha value is -2.80. The Bertz CT molecular complexity index is 795. The van der Waals surface area contributed by atoms with Crippen molar-refractivity contribution in [3.05, 3.63) is 47.8 Å². The Kier molecular flexibility index (Phi) is 8.73. The van der Waals surface area contributed by atoms with E-state index in [1.807, 2.05) is 38.1 Å². The van der Waals surface area contributed by atoms with Gasteiger partial charge in [-0.15, -0.1) is 5.10 Å². The molecule has 0 atom stereocenters. The van der Waals surface area contributed by atoms with Gasteiger partial charge in [-0.05, 0) is 50.7 Å². The lowest BCUT2D eigenvalue weighted by Crippen LogP contribution is -2.27. The van der Waals surface area contributed by atoms with Gasteiger partial charge in [-0.25, -0.2) is 0 Å². The fourth-order valence-corrected chi connectivity index (χ4v) is 2.91. The number of amides is 1. The lowest BCUT2D eigenvalue weighted by atomic mass is 10.2. The van der Waals surface area contributed by atoms with E-state index < -0.39 is 0 Å². The average molecular weight is 401 g/mol. The van der Waals surface area contributed by atoms with Crippen molar-refractivity contribution in [2.75, 3.05) is 19.7 Å². The van der Waals surface area contributed by atoms with Crippen molar-refractivity contribution in [3.63, 3.8) is 0 Å². The van der Waals surface area contributed by atoms with Crippen molar-refractivity contribution >= 4 is 5.91 Å². The smallest absolute Gasteiger partial charge is 0.273 e. The predicted molar refractivity (Wildman–Crippen MR) is 114 cm³/mol. The molecule has 0 aliphatic carbocycles. The number of rotatable bonds is 12. The van der Waals surface area contributed by atoms with Gasteiger partial charge in [-0.1, -0.05) is 33.8 Å². The monoisotopic (exact) mass is 400 g/mol. The van der Waals surface area contributed by atoms with E-state index in [1.165, 1.54) is 0 Å². The number of aromatic nitrogens is 2. The predicted octanol–water partition coefficient (Wildman–Crippen LogP) is 4.49. The highest BCUT2D eigenvalue weighted by Crippen LogP contribution is 2.28. The normalized spacial score (nSPS) is 10.8. The molecular weight excluding hydrogens is 368 g/mol. The number of allylic oxidation sites excluding steroid dienone is 1. The van der Waals surface area contributed by atoms with Crippen LogP contribution in [0.1, 0.15) is 56.6 Å². The minimum atomic E-state index is -0.250. The van der Waals surface area contributed by atoms with Crippen LogP contribution in [-0.4, -0.2) is 40.7 Å². The Morgan fingerprint density at radius 1 is 1.14 bits per heavy atom. The fourth-order valence-electron chi connectivity index (χ4n) is 2.91. The number of aromatic amines is 1. The molecule has 2 N–H and O–H groups in total. The van der Waals surface area contributed by atoms with Crippen LogP contribution in [-0.2, 0) is 6.54 Å². The summed E-state index contributed by atoms with van der Waals surface area (Å²) in [5.41, 5.74) is 1.81. The summed E-state index contributed by atoms with van der Waals surface area (Å²) in [4.78, 5) is 15.0. The van der Waals surface area contributed by atoms with Gasteiger partial charge in [0.25, 0.3) is 5.91 Å². The summed E-state index contributed by atoms with van der Waals surface area (Å²) in [6.07, 6.45) is 1.65. The third-order valence-electron chi connectivity index (χ3n) is 4.52. The lowest BCUT2D eigenvalue weighted by Gasteiger charge is -2.18.